The van der Waals surface area contributed by atoms with Crippen molar-refractivity contribution in [1.82, 2.24) is 0 Å². The summed E-state index contributed by atoms with van der Waals surface area (Å²) in [4.78, 5) is 0. The minimum absolute atomic E-state index is 0.690. The summed E-state index contributed by atoms with van der Waals surface area (Å²) in [6.07, 6.45) is 17.2. The normalized spacial score (nSPS) is 63.9. The van der Waals surface area contributed by atoms with Crippen molar-refractivity contribution < 1.29 is 0 Å². The van der Waals surface area contributed by atoms with Gasteiger partial charge in [0.15, 0.2) is 0 Å². The minimum Gasteiger partial charge on any atom is -0.0782 e. The third-order valence-corrected chi connectivity index (χ3v) is 13.0. The lowest BCUT2D eigenvalue weighted by Gasteiger charge is -2.67. The van der Waals surface area contributed by atoms with E-state index in [0.717, 1.165) is 32.5 Å². The molecule has 5 rings (SSSR count). The first-order valence-electron chi connectivity index (χ1n) is 9.01. The predicted octanol–water partition coefficient (Wildman–Crippen LogP) is 6.14. The molecule has 7 unspecified atom stereocenters. The van der Waals surface area contributed by atoms with E-state index in [4.69, 9.17) is 0 Å². The van der Waals surface area contributed by atoms with Crippen molar-refractivity contribution in [3.8, 4) is 0 Å². The van der Waals surface area contributed by atoms with E-state index in [-0.39, 0.29) is 0 Å². The molecule has 0 aliphatic heterocycles. The van der Waals surface area contributed by atoms with E-state index in [1.807, 2.05) is 0 Å². The Morgan fingerprint density at radius 2 is 1.50 bits per heavy atom. The van der Waals surface area contributed by atoms with Crippen LogP contribution in [-0.4, -0.2) is 6.84 Å². The maximum absolute atomic E-state index is 3.06. The van der Waals surface area contributed by atoms with E-state index in [1.54, 1.807) is 44.9 Å². The van der Waals surface area contributed by atoms with Crippen LogP contribution in [0.15, 0.2) is 0 Å². The Kier molecular flexibility index (Phi) is 2.98. The fraction of sp³-hybridized carbons (Fsp3) is 1.00. The molecule has 0 aromatic heterocycles. The number of alkyl halides is 2. The second-order valence-electron chi connectivity index (χ2n) is 8.56. The number of hydrogen-bond donors (Lipinski definition) is 0. The van der Waals surface area contributed by atoms with Crippen molar-refractivity contribution in [2.24, 2.45) is 29.1 Å². The van der Waals surface area contributed by atoms with E-state index >= 15 is 0 Å². The second kappa shape index (κ2) is 4.30. The van der Waals surface area contributed by atoms with E-state index in [0.29, 0.717) is 3.42 Å². The van der Waals surface area contributed by atoms with Gasteiger partial charge in [-0.05, 0) is 62.2 Å². The summed E-state index contributed by atoms with van der Waals surface area (Å²) in [7, 11) is 0. The lowest BCUT2D eigenvalue weighted by Crippen LogP contribution is -2.69. The topological polar surface area (TPSA) is 0 Å². The van der Waals surface area contributed by atoms with Gasteiger partial charge in [-0.15, -0.1) is 0 Å². The molecule has 20 heavy (non-hydrogen) atoms. The van der Waals surface area contributed by atoms with Crippen LogP contribution >= 0.6 is 45.2 Å². The first-order valence-corrected chi connectivity index (χ1v) is 11.2. The Bertz CT molecular complexity index is 449. The number of hydrogen-bond acceptors (Lipinski definition) is 0. The fourth-order valence-electron chi connectivity index (χ4n) is 7.94. The monoisotopic (exact) mass is 496 g/mol. The average molecular weight is 496 g/mol. The zero-order valence-corrected chi connectivity index (χ0v) is 16.7. The molecule has 2 heteroatoms. The Balaban J connectivity index is 1.70. The van der Waals surface area contributed by atoms with Crippen molar-refractivity contribution in [2.45, 2.75) is 77.5 Å². The van der Waals surface area contributed by atoms with Crippen LogP contribution in [0.4, 0.5) is 0 Å². The maximum atomic E-state index is 3.06. The summed E-state index contributed by atoms with van der Waals surface area (Å²) in [5.41, 5.74) is 0.773. The highest BCUT2D eigenvalue weighted by Gasteiger charge is 2.84. The van der Waals surface area contributed by atoms with Gasteiger partial charge in [0.1, 0.15) is 0 Å². The fourth-order valence-corrected chi connectivity index (χ4v) is 12.9. The summed E-state index contributed by atoms with van der Waals surface area (Å²) in [6.45, 7) is 0. The molecule has 0 saturated heterocycles. The molecular formula is C18H26I2. The molecule has 7 atom stereocenters. The van der Waals surface area contributed by atoms with Crippen LogP contribution in [0.3, 0.4) is 0 Å². The summed E-state index contributed by atoms with van der Waals surface area (Å²) >= 11 is 6.04. The highest BCUT2D eigenvalue weighted by atomic mass is 127. The largest absolute Gasteiger partial charge is 0.0782 e. The first kappa shape index (κ1) is 13.9. The van der Waals surface area contributed by atoms with Crippen LogP contribution in [0.2, 0.25) is 0 Å². The standard InChI is InChI=1S/C18H26I2/c19-16-9-4-7-13-12-5-2-1-3-6-15-14(8-10-16)17(16,11-12)18(13,15)20/h12-15H,1-11H2. The predicted molar refractivity (Wildman–Crippen MR) is 101 cm³/mol. The molecular weight excluding hydrogens is 470 g/mol. The number of fused-ring (bicyclic) bond motifs is 1. The van der Waals surface area contributed by atoms with Crippen LogP contribution in [0.5, 0.6) is 0 Å². The summed E-state index contributed by atoms with van der Waals surface area (Å²) in [5.74, 6) is 4.42. The molecule has 1 spiro atoms. The number of rotatable bonds is 0. The molecule has 5 fully saturated rings. The van der Waals surface area contributed by atoms with Gasteiger partial charge in [0, 0.05) is 12.3 Å². The summed E-state index contributed by atoms with van der Waals surface area (Å²) in [5, 5.41) is 0. The quantitative estimate of drug-likeness (QED) is 0.279. The molecule has 4 bridgehead atoms. The Morgan fingerprint density at radius 1 is 0.700 bits per heavy atom. The Morgan fingerprint density at radius 3 is 2.40 bits per heavy atom. The van der Waals surface area contributed by atoms with Crippen molar-refractivity contribution >= 4 is 45.2 Å². The molecule has 0 N–H and O–H groups in total. The third kappa shape index (κ3) is 1.30. The van der Waals surface area contributed by atoms with Gasteiger partial charge in [-0.2, -0.15) is 0 Å². The molecule has 0 amide bonds. The van der Waals surface area contributed by atoms with Crippen molar-refractivity contribution in [1.29, 1.82) is 0 Å². The molecule has 5 aliphatic rings. The zero-order chi connectivity index (χ0) is 13.6. The van der Waals surface area contributed by atoms with Crippen LogP contribution in [0, 0.1) is 29.1 Å². The molecule has 5 aliphatic carbocycles. The van der Waals surface area contributed by atoms with Gasteiger partial charge >= 0.3 is 0 Å². The van der Waals surface area contributed by atoms with Crippen LogP contribution in [-0.2, 0) is 0 Å². The molecule has 0 radical (unpaired) electrons. The van der Waals surface area contributed by atoms with Crippen LogP contribution in [0.1, 0.15) is 70.6 Å². The zero-order valence-electron chi connectivity index (χ0n) is 12.3. The SMILES string of the molecule is IC12CCCC3C4CCCCCC5C(CC1)C2(C4)C35I. The molecule has 0 nitrogen and oxygen atoms in total. The van der Waals surface area contributed by atoms with Gasteiger partial charge in [-0.1, -0.05) is 77.3 Å². The molecule has 0 heterocycles. The van der Waals surface area contributed by atoms with E-state index in [2.05, 4.69) is 45.2 Å². The molecule has 5 saturated carbocycles. The highest BCUT2D eigenvalue weighted by molar-refractivity contribution is 14.1. The molecule has 0 aromatic rings. The average Bonchev–Trinajstić information content (AvgIpc) is 2.78. The van der Waals surface area contributed by atoms with E-state index in [9.17, 15) is 0 Å². The Labute approximate surface area is 150 Å². The van der Waals surface area contributed by atoms with Crippen molar-refractivity contribution in [3.05, 3.63) is 0 Å². The van der Waals surface area contributed by atoms with Gasteiger partial charge in [-0.25, -0.2) is 0 Å². The molecule has 0 aromatic carbocycles. The summed E-state index contributed by atoms with van der Waals surface area (Å²) in [6, 6.07) is 0. The highest BCUT2D eigenvalue weighted by Crippen LogP contribution is 2.86. The van der Waals surface area contributed by atoms with Gasteiger partial charge in [0.05, 0.1) is 0 Å². The maximum Gasteiger partial charge on any atom is 0.0355 e. The lowest BCUT2D eigenvalue weighted by molar-refractivity contribution is -0.0661. The van der Waals surface area contributed by atoms with Gasteiger partial charge in [-0.3, -0.25) is 0 Å². The first-order chi connectivity index (χ1) is 9.63. The van der Waals surface area contributed by atoms with Gasteiger partial charge in [0.2, 0.25) is 0 Å². The van der Waals surface area contributed by atoms with Crippen molar-refractivity contribution in [3.63, 3.8) is 0 Å². The van der Waals surface area contributed by atoms with E-state index < -0.39 is 0 Å². The number of halogens is 2. The van der Waals surface area contributed by atoms with Crippen LogP contribution < -0.4 is 0 Å². The van der Waals surface area contributed by atoms with Gasteiger partial charge < -0.3 is 0 Å². The van der Waals surface area contributed by atoms with Crippen molar-refractivity contribution in [2.75, 3.05) is 0 Å². The minimum atomic E-state index is 0.690. The second-order valence-corrected chi connectivity index (χ2v) is 12.4. The smallest absolute Gasteiger partial charge is 0.0355 e. The Hall–Kier alpha value is 1.46. The molecule has 112 valence electrons. The van der Waals surface area contributed by atoms with Crippen LogP contribution in [0.25, 0.3) is 0 Å². The van der Waals surface area contributed by atoms with E-state index in [1.165, 1.54) is 25.7 Å². The lowest BCUT2D eigenvalue weighted by atomic mass is 9.45. The summed E-state index contributed by atoms with van der Waals surface area (Å²) < 4.78 is 1.41. The third-order valence-electron chi connectivity index (χ3n) is 8.36. The van der Waals surface area contributed by atoms with Gasteiger partial charge in [0.25, 0.3) is 0 Å².